The minimum absolute atomic E-state index is 0.153. The van der Waals surface area contributed by atoms with Crippen LogP contribution in [-0.4, -0.2) is 17.4 Å². The number of nitrogens with two attached hydrogens (primary N) is 1. The van der Waals surface area contributed by atoms with E-state index in [9.17, 15) is 0 Å². The smallest absolute Gasteiger partial charge is 0.223 e. The highest BCUT2D eigenvalue weighted by atomic mass is 16.6. The third-order valence-corrected chi connectivity index (χ3v) is 1.14. The van der Waals surface area contributed by atoms with Crippen LogP contribution in [-0.2, 0) is 4.74 Å². The maximum Gasteiger partial charge on any atom is 0.223 e. The molecule has 1 heterocycles. The Kier molecular flexibility index (Phi) is 1.23. The summed E-state index contributed by atoms with van der Waals surface area (Å²) in [4.78, 5) is 0. The molecular formula is C5H9NO2. The standard InChI is InChI=1S/C5H9NO2/c6-4-5(7)2-1-3-8-5/h1,3,7H,2,4,6H2. The van der Waals surface area contributed by atoms with Crippen molar-refractivity contribution in [3.8, 4) is 0 Å². The first kappa shape index (κ1) is 5.59. The Morgan fingerprint density at radius 1 is 1.88 bits per heavy atom. The zero-order valence-electron chi connectivity index (χ0n) is 4.50. The highest BCUT2D eigenvalue weighted by molar-refractivity contribution is 4.91. The summed E-state index contributed by atoms with van der Waals surface area (Å²) < 4.78 is 4.74. The second-order valence-corrected chi connectivity index (χ2v) is 1.84. The van der Waals surface area contributed by atoms with Crippen LogP contribution < -0.4 is 5.73 Å². The first-order chi connectivity index (χ1) is 3.77. The molecule has 0 spiro atoms. The lowest BCUT2D eigenvalue weighted by Gasteiger charge is -2.18. The fourth-order valence-electron chi connectivity index (χ4n) is 0.587. The molecule has 1 aliphatic heterocycles. The van der Waals surface area contributed by atoms with Crippen molar-refractivity contribution >= 4 is 0 Å². The Bertz CT molecular complexity index is 103. The van der Waals surface area contributed by atoms with Gasteiger partial charge in [0, 0.05) is 6.42 Å². The monoisotopic (exact) mass is 115 g/mol. The second-order valence-electron chi connectivity index (χ2n) is 1.84. The summed E-state index contributed by atoms with van der Waals surface area (Å²) in [5, 5.41) is 9.09. The fourth-order valence-corrected chi connectivity index (χ4v) is 0.587. The SMILES string of the molecule is NCC1(O)CC=CO1. The minimum atomic E-state index is -1.10. The van der Waals surface area contributed by atoms with Crippen molar-refractivity contribution in [1.29, 1.82) is 0 Å². The molecule has 46 valence electrons. The van der Waals surface area contributed by atoms with E-state index in [1.807, 2.05) is 0 Å². The van der Waals surface area contributed by atoms with E-state index in [1.165, 1.54) is 6.26 Å². The van der Waals surface area contributed by atoms with Crippen molar-refractivity contribution in [2.24, 2.45) is 5.73 Å². The van der Waals surface area contributed by atoms with Crippen LogP contribution in [0.5, 0.6) is 0 Å². The average molecular weight is 115 g/mol. The van der Waals surface area contributed by atoms with Gasteiger partial charge in [0.05, 0.1) is 12.8 Å². The molecule has 0 bridgehead atoms. The van der Waals surface area contributed by atoms with Crippen molar-refractivity contribution in [3.05, 3.63) is 12.3 Å². The van der Waals surface area contributed by atoms with Crippen LogP contribution in [0.4, 0.5) is 0 Å². The molecule has 1 atom stereocenters. The van der Waals surface area contributed by atoms with Gasteiger partial charge in [-0.15, -0.1) is 0 Å². The van der Waals surface area contributed by atoms with Crippen molar-refractivity contribution < 1.29 is 9.84 Å². The van der Waals surface area contributed by atoms with E-state index < -0.39 is 5.79 Å². The molecule has 1 rings (SSSR count). The summed E-state index contributed by atoms with van der Waals surface area (Å²) in [6.07, 6.45) is 3.71. The Morgan fingerprint density at radius 3 is 2.88 bits per heavy atom. The van der Waals surface area contributed by atoms with Gasteiger partial charge in [-0.3, -0.25) is 0 Å². The Hall–Kier alpha value is -0.540. The average Bonchev–Trinajstić information content (AvgIpc) is 2.17. The van der Waals surface area contributed by atoms with Gasteiger partial charge in [0.15, 0.2) is 0 Å². The molecule has 0 radical (unpaired) electrons. The summed E-state index contributed by atoms with van der Waals surface area (Å²) in [6.45, 7) is 0.153. The molecule has 0 fully saturated rings. The van der Waals surface area contributed by atoms with Crippen LogP contribution >= 0.6 is 0 Å². The van der Waals surface area contributed by atoms with Crippen LogP contribution in [0.1, 0.15) is 6.42 Å². The van der Waals surface area contributed by atoms with Gasteiger partial charge >= 0.3 is 0 Å². The number of hydrogen-bond donors (Lipinski definition) is 2. The molecule has 0 saturated carbocycles. The first-order valence-electron chi connectivity index (χ1n) is 2.52. The molecule has 8 heavy (non-hydrogen) atoms. The molecule has 0 aromatic heterocycles. The summed E-state index contributed by atoms with van der Waals surface area (Å²) in [5.74, 6) is -1.10. The van der Waals surface area contributed by atoms with Gasteiger partial charge in [-0.05, 0) is 6.08 Å². The fraction of sp³-hybridized carbons (Fsp3) is 0.600. The van der Waals surface area contributed by atoms with Crippen molar-refractivity contribution in [1.82, 2.24) is 0 Å². The van der Waals surface area contributed by atoms with Gasteiger partial charge in [0.2, 0.25) is 5.79 Å². The quantitative estimate of drug-likeness (QED) is 0.487. The number of ether oxygens (including phenoxy) is 1. The third kappa shape index (κ3) is 0.827. The van der Waals surface area contributed by atoms with Gasteiger partial charge in [0.25, 0.3) is 0 Å². The van der Waals surface area contributed by atoms with Crippen LogP contribution in [0.15, 0.2) is 12.3 Å². The molecule has 0 aromatic carbocycles. The molecule has 1 unspecified atom stereocenters. The summed E-state index contributed by atoms with van der Waals surface area (Å²) in [5.41, 5.74) is 5.15. The van der Waals surface area contributed by atoms with Gasteiger partial charge in [-0.25, -0.2) is 0 Å². The van der Waals surface area contributed by atoms with Crippen LogP contribution in [0.3, 0.4) is 0 Å². The van der Waals surface area contributed by atoms with Crippen LogP contribution in [0.25, 0.3) is 0 Å². The Morgan fingerprint density at radius 2 is 2.62 bits per heavy atom. The Balaban J connectivity index is 2.46. The number of hydrogen-bond acceptors (Lipinski definition) is 3. The zero-order chi connectivity index (χ0) is 6.04. The van der Waals surface area contributed by atoms with E-state index in [0.29, 0.717) is 6.42 Å². The molecule has 3 heteroatoms. The van der Waals surface area contributed by atoms with E-state index in [2.05, 4.69) is 0 Å². The predicted octanol–water partition coefficient (Wildman–Crippen LogP) is -0.432. The molecule has 0 amide bonds. The largest absolute Gasteiger partial charge is 0.469 e. The van der Waals surface area contributed by atoms with E-state index >= 15 is 0 Å². The van der Waals surface area contributed by atoms with Gasteiger partial charge in [-0.2, -0.15) is 0 Å². The van der Waals surface area contributed by atoms with Crippen molar-refractivity contribution in [2.75, 3.05) is 6.54 Å². The Labute approximate surface area is 47.8 Å². The van der Waals surface area contributed by atoms with Gasteiger partial charge in [-0.1, -0.05) is 0 Å². The van der Waals surface area contributed by atoms with Gasteiger partial charge in [0.1, 0.15) is 0 Å². The second kappa shape index (κ2) is 1.76. The summed E-state index contributed by atoms with van der Waals surface area (Å²) >= 11 is 0. The molecule has 3 N–H and O–H groups in total. The maximum absolute atomic E-state index is 9.09. The normalized spacial score (nSPS) is 35.2. The van der Waals surface area contributed by atoms with E-state index in [-0.39, 0.29) is 6.54 Å². The highest BCUT2D eigenvalue weighted by Crippen LogP contribution is 2.17. The molecule has 0 aliphatic carbocycles. The first-order valence-corrected chi connectivity index (χ1v) is 2.52. The van der Waals surface area contributed by atoms with Crippen LogP contribution in [0, 0.1) is 0 Å². The van der Waals surface area contributed by atoms with Gasteiger partial charge < -0.3 is 15.6 Å². The highest BCUT2D eigenvalue weighted by Gasteiger charge is 2.27. The maximum atomic E-state index is 9.09. The number of aliphatic hydroxyl groups is 1. The van der Waals surface area contributed by atoms with Crippen molar-refractivity contribution in [3.63, 3.8) is 0 Å². The topological polar surface area (TPSA) is 55.5 Å². The van der Waals surface area contributed by atoms with Crippen LogP contribution in [0.2, 0.25) is 0 Å². The van der Waals surface area contributed by atoms with E-state index in [4.69, 9.17) is 15.6 Å². The zero-order valence-corrected chi connectivity index (χ0v) is 4.50. The molecular weight excluding hydrogens is 106 g/mol. The summed E-state index contributed by atoms with van der Waals surface area (Å²) in [6, 6.07) is 0. The van der Waals surface area contributed by atoms with E-state index in [1.54, 1.807) is 6.08 Å². The molecule has 0 aromatic rings. The third-order valence-electron chi connectivity index (χ3n) is 1.14. The summed E-state index contributed by atoms with van der Waals surface area (Å²) in [7, 11) is 0. The number of rotatable bonds is 1. The van der Waals surface area contributed by atoms with Crippen molar-refractivity contribution in [2.45, 2.75) is 12.2 Å². The lowest BCUT2D eigenvalue weighted by atomic mass is 10.2. The molecule has 0 saturated heterocycles. The molecule has 1 aliphatic rings. The lowest BCUT2D eigenvalue weighted by Crippen LogP contribution is -2.36. The molecule has 3 nitrogen and oxygen atoms in total. The predicted molar refractivity (Wildman–Crippen MR) is 28.8 cm³/mol. The lowest BCUT2D eigenvalue weighted by molar-refractivity contribution is -0.141. The minimum Gasteiger partial charge on any atom is -0.469 e. The van der Waals surface area contributed by atoms with E-state index in [0.717, 1.165) is 0 Å².